The largest absolute Gasteiger partial charge is 0.508 e. The van der Waals surface area contributed by atoms with Crippen molar-refractivity contribution in [2.75, 3.05) is 0 Å². The van der Waals surface area contributed by atoms with Crippen LogP contribution < -0.4 is 0 Å². The van der Waals surface area contributed by atoms with E-state index in [9.17, 15) is 15.0 Å². The fourth-order valence-corrected chi connectivity index (χ4v) is 4.13. The van der Waals surface area contributed by atoms with Crippen LogP contribution in [0.25, 0.3) is 11.3 Å². The minimum atomic E-state index is -0.474. The van der Waals surface area contributed by atoms with Crippen LogP contribution in [0.2, 0.25) is 20.4 Å². The predicted octanol–water partition coefficient (Wildman–Crippen LogP) is 5.69. The quantitative estimate of drug-likeness (QED) is 0.377. The standard InChI is InChI=1S/C18H12Cl4N2O3/c19-10-4-7(23-16(10)21)2-1-3-8-13(25)5-9-12-6-11(20)17(22)24(12)18(27)14(9)15(8)26/h4-6,23,25-26H,1-3H2. The molecule has 4 rings (SSSR count). The molecule has 140 valence electrons. The molecule has 5 nitrogen and oxygen atoms in total. The van der Waals surface area contributed by atoms with Crippen molar-refractivity contribution >= 4 is 52.3 Å². The lowest BCUT2D eigenvalue weighted by atomic mass is 9.97. The highest BCUT2D eigenvalue weighted by molar-refractivity contribution is 6.43. The lowest BCUT2D eigenvalue weighted by molar-refractivity contribution is 0.0967. The number of fused-ring (bicyclic) bond motifs is 3. The van der Waals surface area contributed by atoms with Gasteiger partial charge in [0.05, 0.1) is 21.3 Å². The average molecular weight is 446 g/mol. The van der Waals surface area contributed by atoms with Crippen LogP contribution in [-0.2, 0) is 12.8 Å². The lowest BCUT2D eigenvalue weighted by Crippen LogP contribution is -2.07. The molecular formula is C18H12Cl4N2O3. The second kappa shape index (κ2) is 6.67. The first-order valence-electron chi connectivity index (χ1n) is 8.02. The number of hydrogen-bond donors (Lipinski definition) is 3. The highest BCUT2D eigenvalue weighted by Gasteiger charge is 2.35. The number of aryl methyl sites for hydroxylation is 1. The molecule has 1 aliphatic heterocycles. The number of nitrogens with zero attached hydrogens (tertiary/aromatic N) is 1. The molecule has 0 aliphatic carbocycles. The molecule has 1 aliphatic rings. The maximum Gasteiger partial charge on any atom is 0.268 e. The molecule has 0 bridgehead atoms. The molecule has 3 aromatic rings. The van der Waals surface area contributed by atoms with Crippen molar-refractivity contribution in [3.05, 3.63) is 55.4 Å². The van der Waals surface area contributed by atoms with Crippen LogP contribution in [0.5, 0.6) is 11.5 Å². The Kier molecular flexibility index (Phi) is 4.59. The van der Waals surface area contributed by atoms with Gasteiger partial charge in [-0.2, -0.15) is 0 Å². The lowest BCUT2D eigenvalue weighted by Gasteiger charge is -2.11. The Bertz CT molecular complexity index is 1080. The minimum Gasteiger partial charge on any atom is -0.508 e. The van der Waals surface area contributed by atoms with Gasteiger partial charge < -0.3 is 15.2 Å². The van der Waals surface area contributed by atoms with E-state index in [2.05, 4.69) is 4.98 Å². The summed E-state index contributed by atoms with van der Waals surface area (Å²) in [6.07, 6.45) is 1.56. The van der Waals surface area contributed by atoms with Crippen molar-refractivity contribution in [1.82, 2.24) is 9.55 Å². The number of nitrogens with one attached hydrogen (secondary N) is 1. The summed E-state index contributed by atoms with van der Waals surface area (Å²) in [4.78, 5) is 15.6. The van der Waals surface area contributed by atoms with Gasteiger partial charge in [-0.05, 0) is 37.5 Å². The molecule has 0 unspecified atom stereocenters. The van der Waals surface area contributed by atoms with Crippen LogP contribution in [0.4, 0.5) is 0 Å². The Morgan fingerprint density at radius 3 is 2.41 bits per heavy atom. The van der Waals surface area contributed by atoms with Gasteiger partial charge >= 0.3 is 0 Å². The molecule has 0 radical (unpaired) electrons. The first kappa shape index (κ1) is 18.6. The van der Waals surface area contributed by atoms with Crippen LogP contribution in [0.1, 0.15) is 28.0 Å². The summed E-state index contributed by atoms with van der Waals surface area (Å²) in [6.45, 7) is 0. The molecule has 27 heavy (non-hydrogen) atoms. The molecule has 0 saturated heterocycles. The van der Waals surface area contributed by atoms with E-state index in [4.69, 9.17) is 46.4 Å². The summed E-state index contributed by atoms with van der Waals surface area (Å²) in [5, 5.41) is 22.2. The van der Waals surface area contributed by atoms with Crippen molar-refractivity contribution in [3.63, 3.8) is 0 Å². The first-order chi connectivity index (χ1) is 12.8. The van der Waals surface area contributed by atoms with Gasteiger partial charge in [0.2, 0.25) is 0 Å². The SMILES string of the molecule is O=C1c2c(cc(O)c(CCCc3cc(Cl)c(Cl)[nH]3)c2O)-c2cc(Cl)c(Cl)n21. The van der Waals surface area contributed by atoms with Gasteiger partial charge in [-0.3, -0.25) is 9.36 Å². The number of phenols is 2. The number of aromatic nitrogens is 2. The molecule has 2 aromatic heterocycles. The van der Waals surface area contributed by atoms with Gasteiger partial charge in [0, 0.05) is 16.8 Å². The summed E-state index contributed by atoms with van der Waals surface area (Å²) >= 11 is 23.9. The van der Waals surface area contributed by atoms with Crippen LogP contribution in [0, 0.1) is 0 Å². The molecule has 3 N–H and O–H groups in total. The first-order valence-corrected chi connectivity index (χ1v) is 9.53. The minimum absolute atomic E-state index is 0.0776. The summed E-state index contributed by atoms with van der Waals surface area (Å²) in [6, 6.07) is 4.72. The van der Waals surface area contributed by atoms with Gasteiger partial charge in [0.1, 0.15) is 21.8 Å². The number of aromatic amines is 1. The fourth-order valence-electron chi connectivity index (χ4n) is 3.37. The normalized spacial score (nSPS) is 12.5. The molecule has 9 heteroatoms. The molecule has 3 heterocycles. The van der Waals surface area contributed by atoms with Crippen LogP contribution in [0.3, 0.4) is 0 Å². The van der Waals surface area contributed by atoms with Crippen molar-refractivity contribution in [2.45, 2.75) is 19.3 Å². The number of H-pyrrole nitrogens is 1. The highest BCUT2D eigenvalue weighted by atomic mass is 35.5. The van der Waals surface area contributed by atoms with E-state index in [1.54, 1.807) is 6.07 Å². The number of halogens is 4. The average Bonchev–Trinajstić information content (AvgIpc) is 3.18. The fraction of sp³-hybridized carbons (Fsp3) is 0.167. The number of carbonyl (C=O) groups excluding carboxylic acids is 1. The molecule has 0 saturated carbocycles. The van der Waals surface area contributed by atoms with Gasteiger partial charge in [0.25, 0.3) is 5.91 Å². The van der Waals surface area contributed by atoms with Gasteiger partial charge in [-0.1, -0.05) is 46.4 Å². The summed E-state index contributed by atoms with van der Waals surface area (Å²) in [5.41, 5.74) is 2.10. The number of hydrogen-bond acceptors (Lipinski definition) is 3. The van der Waals surface area contributed by atoms with Crippen molar-refractivity contribution in [2.24, 2.45) is 0 Å². The maximum absolute atomic E-state index is 12.7. The van der Waals surface area contributed by atoms with Crippen molar-refractivity contribution < 1.29 is 15.0 Å². The summed E-state index contributed by atoms with van der Waals surface area (Å²) in [5.74, 6) is -0.810. The molecule has 0 atom stereocenters. The monoisotopic (exact) mass is 444 g/mol. The van der Waals surface area contributed by atoms with Crippen LogP contribution >= 0.6 is 46.4 Å². The van der Waals surface area contributed by atoms with Gasteiger partial charge in [-0.25, -0.2) is 0 Å². The second-order valence-corrected chi connectivity index (χ2v) is 7.81. The van der Waals surface area contributed by atoms with E-state index < -0.39 is 5.91 Å². The molecule has 0 spiro atoms. The third kappa shape index (κ3) is 2.90. The maximum atomic E-state index is 12.7. The zero-order valence-corrected chi connectivity index (χ0v) is 16.6. The number of phenolic OH excluding ortho intramolecular Hbond substituents is 2. The van der Waals surface area contributed by atoms with E-state index in [0.717, 1.165) is 5.69 Å². The molecule has 0 fully saturated rings. The van der Waals surface area contributed by atoms with Crippen molar-refractivity contribution in [3.8, 4) is 22.8 Å². The Hall–Kier alpha value is -1.79. The second-order valence-electron chi connectivity index (χ2n) is 6.26. The van der Waals surface area contributed by atoms with Crippen LogP contribution in [0.15, 0.2) is 18.2 Å². The zero-order valence-electron chi connectivity index (χ0n) is 13.6. The number of benzene rings is 1. The molecular weight excluding hydrogens is 434 g/mol. The number of aromatic hydroxyl groups is 2. The van der Waals surface area contributed by atoms with E-state index in [1.165, 1.54) is 16.7 Å². The third-order valence-electron chi connectivity index (χ3n) is 4.63. The van der Waals surface area contributed by atoms with Gasteiger partial charge in [-0.15, -0.1) is 0 Å². The number of carbonyl (C=O) groups is 1. The topological polar surface area (TPSA) is 78.2 Å². The number of rotatable bonds is 4. The molecule has 1 aromatic carbocycles. The predicted molar refractivity (Wildman–Crippen MR) is 106 cm³/mol. The summed E-state index contributed by atoms with van der Waals surface area (Å²) in [7, 11) is 0. The van der Waals surface area contributed by atoms with E-state index in [0.29, 0.717) is 46.3 Å². The van der Waals surface area contributed by atoms with E-state index in [1.807, 2.05) is 0 Å². The Labute approximate surface area is 174 Å². The Morgan fingerprint density at radius 1 is 1.00 bits per heavy atom. The summed E-state index contributed by atoms with van der Waals surface area (Å²) < 4.78 is 1.22. The van der Waals surface area contributed by atoms with E-state index in [-0.39, 0.29) is 27.2 Å². The van der Waals surface area contributed by atoms with E-state index >= 15 is 0 Å². The zero-order chi connectivity index (χ0) is 19.5. The highest BCUT2D eigenvalue weighted by Crippen LogP contribution is 2.47. The third-order valence-corrected chi connectivity index (χ3v) is 6.08. The smallest absolute Gasteiger partial charge is 0.268 e. The van der Waals surface area contributed by atoms with Crippen LogP contribution in [-0.4, -0.2) is 25.7 Å². The Morgan fingerprint density at radius 2 is 1.74 bits per heavy atom. The Balaban J connectivity index is 1.63. The molecule has 0 amide bonds. The van der Waals surface area contributed by atoms with Gasteiger partial charge in [0.15, 0.2) is 0 Å². The van der Waals surface area contributed by atoms with Crippen molar-refractivity contribution in [1.29, 1.82) is 0 Å².